The van der Waals surface area contributed by atoms with Crippen LogP contribution >= 0.6 is 0 Å². The molecule has 2 aromatic rings. The average molecular weight is 457 g/mol. The molecular formula is C24H33FN6O2. The minimum atomic E-state index is -0.585. The van der Waals surface area contributed by atoms with E-state index in [4.69, 9.17) is 16.2 Å². The van der Waals surface area contributed by atoms with Crippen molar-refractivity contribution in [2.75, 3.05) is 32.1 Å². The normalized spacial score (nSPS) is 17.7. The molecule has 5 N–H and O–H groups in total. The predicted octanol–water partition coefficient (Wildman–Crippen LogP) is 3.04. The monoisotopic (exact) mass is 456 g/mol. The third kappa shape index (κ3) is 5.36. The van der Waals surface area contributed by atoms with Crippen LogP contribution in [0.25, 0.3) is 16.8 Å². The number of rotatable bonds is 6. The Morgan fingerprint density at radius 3 is 2.61 bits per heavy atom. The van der Waals surface area contributed by atoms with E-state index in [1.165, 1.54) is 31.5 Å². The zero-order valence-corrected chi connectivity index (χ0v) is 19.8. The number of aromatic nitrogens is 2. The number of benzene rings is 1. The molecule has 0 saturated carbocycles. The van der Waals surface area contributed by atoms with Crippen LogP contribution in [0.4, 0.5) is 10.2 Å². The molecule has 1 aromatic heterocycles. The first-order valence-electron chi connectivity index (χ1n) is 10.8. The van der Waals surface area contributed by atoms with Crippen molar-refractivity contribution >= 4 is 11.4 Å². The first kappa shape index (κ1) is 24.3. The van der Waals surface area contributed by atoms with Crippen molar-refractivity contribution < 1.29 is 14.2 Å². The lowest BCUT2D eigenvalue weighted by atomic mass is 10.0. The van der Waals surface area contributed by atoms with Crippen LogP contribution in [0, 0.1) is 5.82 Å². The lowest BCUT2D eigenvalue weighted by Crippen LogP contribution is -2.46. The molecule has 0 spiro atoms. The number of aromatic hydroxyl groups is 1. The number of allylic oxidation sites excluding steroid dienone is 2. The number of phenolic OH excluding ortho intramolecular Hbond substituents is 1. The highest BCUT2D eigenvalue weighted by Gasteiger charge is 2.31. The Morgan fingerprint density at radius 1 is 1.30 bits per heavy atom. The van der Waals surface area contributed by atoms with Gasteiger partial charge in [-0.15, -0.1) is 10.2 Å². The lowest BCUT2D eigenvalue weighted by Gasteiger charge is -2.36. The average Bonchev–Trinajstić information content (AvgIpc) is 3.27. The Balaban J connectivity index is 1.81. The van der Waals surface area contributed by atoms with E-state index in [9.17, 15) is 9.50 Å². The zero-order valence-electron chi connectivity index (χ0n) is 19.8. The van der Waals surface area contributed by atoms with Crippen molar-refractivity contribution in [3.63, 3.8) is 0 Å². The van der Waals surface area contributed by atoms with Gasteiger partial charge in [-0.3, -0.25) is 4.90 Å². The van der Waals surface area contributed by atoms with Crippen LogP contribution in [0.2, 0.25) is 0 Å². The Kier molecular flexibility index (Phi) is 7.12. The molecule has 33 heavy (non-hydrogen) atoms. The first-order chi connectivity index (χ1) is 15.5. The van der Waals surface area contributed by atoms with Crippen LogP contribution in [0.1, 0.15) is 32.8 Å². The molecule has 2 heterocycles. The fraction of sp³-hybridized carbons (Fsp3) is 0.417. The second-order valence-electron chi connectivity index (χ2n) is 9.17. The van der Waals surface area contributed by atoms with Gasteiger partial charge in [-0.1, -0.05) is 0 Å². The summed E-state index contributed by atoms with van der Waals surface area (Å²) in [6, 6.07) is 6.51. The molecule has 1 aliphatic heterocycles. The van der Waals surface area contributed by atoms with Crippen molar-refractivity contribution in [3.05, 3.63) is 53.8 Å². The van der Waals surface area contributed by atoms with Crippen LogP contribution in [0.3, 0.4) is 0 Å². The van der Waals surface area contributed by atoms with E-state index in [1.54, 1.807) is 6.07 Å². The van der Waals surface area contributed by atoms with E-state index in [1.807, 2.05) is 6.07 Å². The van der Waals surface area contributed by atoms with Gasteiger partial charge in [0.1, 0.15) is 11.6 Å². The predicted molar refractivity (Wildman–Crippen MR) is 129 cm³/mol. The summed E-state index contributed by atoms with van der Waals surface area (Å²) in [6.45, 7) is 8.37. The summed E-state index contributed by atoms with van der Waals surface area (Å²) in [5.41, 5.74) is 12.3. The number of methoxy groups -OCH3 is 1. The SMILES string of the molecule is CO/C(N)=C/C(=C\N)c1cc(O)c(-c2ccc(N3CCC(N(C)C(C)(C)C)C3)nn2)cc1F. The van der Waals surface area contributed by atoms with Crippen LogP contribution in [-0.4, -0.2) is 59.0 Å². The topological polar surface area (TPSA) is 114 Å². The van der Waals surface area contributed by atoms with Crippen LogP contribution in [-0.2, 0) is 4.74 Å². The maximum atomic E-state index is 14.9. The van der Waals surface area contributed by atoms with E-state index in [0.717, 1.165) is 25.3 Å². The minimum Gasteiger partial charge on any atom is -0.507 e. The summed E-state index contributed by atoms with van der Waals surface area (Å²) in [7, 11) is 3.54. The zero-order chi connectivity index (χ0) is 24.3. The number of ether oxygens (including phenoxy) is 1. The number of hydrogen-bond acceptors (Lipinski definition) is 8. The van der Waals surface area contributed by atoms with Gasteiger partial charge in [-0.25, -0.2) is 4.39 Å². The molecule has 0 radical (unpaired) electrons. The second kappa shape index (κ2) is 9.66. The highest BCUT2D eigenvalue weighted by atomic mass is 19.1. The van der Waals surface area contributed by atoms with Crippen molar-refractivity contribution in [1.82, 2.24) is 15.1 Å². The molecule has 178 valence electrons. The standard InChI is InChI=1S/C24H33FN6O2/c1-24(2,3)30(4)16-8-9-31(14-16)23-7-6-20(28-29-23)18-11-19(25)17(12-21(18)32)15(13-26)10-22(27)33-5/h6-7,10-13,16,32H,8-9,14,26-27H2,1-5H3/b15-13+,22-10+. The largest absolute Gasteiger partial charge is 0.507 e. The van der Waals surface area contributed by atoms with Gasteiger partial charge in [0.15, 0.2) is 11.7 Å². The number of halogens is 1. The Morgan fingerprint density at radius 2 is 2.03 bits per heavy atom. The third-order valence-corrected chi connectivity index (χ3v) is 6.13. The molecule has 1 fully saturated rings. The number of anilines is 1. The van der Waals surface area contributed by atoms with Crippen molar-refractivity contribution in [3.8, 4) is 17.0 Å². The number of phenols is 1. The van der Waals surface area contributed by atoms with Gasteiger partial charge in [0, 0.05) is 53.6 Å². The molecule has 9 heteroatoms. The molecule has 0 bridgehead atoms. The third-order valence-electron chi connectivity index (χ3n) is 6.13. The molecule has 1 aliphatic rings. The Labute approximate surface area is 194 Å². The number of nitrogens with two attached hydrogens (primary N) is 2. The van der Waals surface area contributed by atoms with E-state index >= 15 is 0 Å². The summed E-state index contributed by atoms with van der Waals surface area (Å²) in [6.07, 6.45) is 3.62. The molecule has 3 rings (SSSR count). The summed E-state index contributed by atoms with van der Waals surface area (Å²) in [5.74, 6) is 0.0889. The molecule has 8 nitrogen and oxygen atoms in total. The number of nitrogens with zero attached hydrogens (tertiary/aromatic N) is 4. The number of hydrogen-bond donors (Lipinski definition) is 3. The highest BCUT2D eigenvalue weighted by molar-refractivity contribution is 5.78. The van der Waals surface area contributed by atoms with E-state index in [-0.39, 0.29) is 33.9 Å². The Hall–Kier alpha value is -3.33. The van der Waals surface area contributed by atoms with E-state index in [2.05, 4.69) is 47.8 Å². The van der Waals surface area contributed by atoms with Crippen molar-refractivity contribution in [1.29, 1.82) is 0 Å². The molecular weight excluding hydrogens is 423 g/mol. The van der Waals surface area contributed by atoms with Crippen LogP contribution in [0.15, 0.2) is 42.4 Å². The minimum absolute atomic E-state index is 0.0639. The molecule has 0 aliphatic carbocycles. The van der Waals surface area contributed by atoms with E-state index in [0.29, 0.717) is 11.7 Å². The molecule has 1 saturated heterocycles. The fourth-order valence-corrected chi connectivity index (χ4v) is 3.87. The van der Waals surface area contributed by atoms with Gasteiger partial charge in [-0.2, -0.15) is 0 Å². The molecule has 0 amide bonds. The molecule has 1 atom stereocenters. The van der Waals surface area contributed by atoms with Gasteiger partial charge < -0.3 is 26.2 Å². The van der Waals surface area contributed by atoms with Crippen molar-refractivity contribution in [2.45, 2.75) is 38.8 Å². The molecule has 1 unspecified atom stereocenters. The highest BCUT2D eigenvalue weighted by Crippen LogP contribution is 2.34. The van der Waals surface area contributed by atoms with Crippen molar-refractivity contribution in [2.24, 2.45) is 11.5 Å². The second-order valence-corrected chi connectivity index (χ2v) is 9.17. The summed E-state index contributed by atoms with van der Waals surface area (Å²) in [4.78, 5) is 4.58. The van der Waals surface area contributed by atoms with Gasteiger partial charge in [0.2, 0.25) is 0 Å². The van der Waals surface area contributed by atoms with E-state index < -0.39 is 5.82 Å². The number of likely N-dealkylation sites (N-methyl/N-ethyl adjacent to an activating group) is 1. The first-order valence-corrected chi connectivity index (χ1v) is 10.8. The lowest BCUT2D eigenvalue weighted by molar-refractivity contribution is 0.127. The summed E-state index contributed by atoms with van der Waals surface area (Å²) in [5, 5.41) is 19.1. The van der Waals surface area contributed by atoms with Gasteiger partial charge in [0.25, 0.3) is 0 Å². The fourth-order valence-electron chi connectivity index (χ4n) is 3.87. The van der Waals surface area contributed by atoms with Gasteiger partial charge in [-0.05, 0) is 58.5 Å². The summed E-state index contributed by atoms with van der Waals surface area (Å²) >= 11 is 0. The van der Waals surface area contributed by atoms with Crippen LogP contribution in [0.5, 0.6) is 5.75 Å². The van der Waals surface area contributed by atoms with Crippen LogP contribution < -0.4 is 16.4 Å². The quantitative estimate of drug-likeness (QED) is 0.449. The Bertz CT molecular complexity index is 1050. The van der Waals surface area contributed by atoms with Gasteiger partial charge >= 0.3 is 0 Å². The van der Waals surface area contributed by atoms with Gasteiger partial charge in [0.05, 0.1) is 12.8 Å². The molecule has 1 aromatic carbocycles. The maximum Gasteiger partial charge on any atom is 0.184 e. The maximum absolute atomic E-state index is 14.9. The summed E-state index contributed by atoms with van der Waals surface area (Å²) < 4.78 is 19.8. The smallest absolute Gasteiger partial charge is 0.184 e.